The third-order valence-electron chi connectivity index (χ3n) is 3.75. The summed E-state index contributed by atoms with van der Waals surface area (Å²) in [5.41, 5.74) is 1.13. The van der Waals surface area contributed by atoms with Crippen molar-refractivity contribution in [3.8, 4) is 0 Å². The van der Waals surface area contributed by atoms with Gasteiger partial charge in [0.05, 0.1) is 6.04 Å². The molecule has 6 nitrogen and oxygen atoms in total. The summed E-state index contributed by atoms with van der Waals surface area (Å²) in [5.74, 6) is 0. The first-order valence-corrected chi connectivity index (χ1v) is 8.39. The van der Waals surface area contributed by atoms with Crippen molar-refractivity contribution in [2.75, 3.05) is 11.9 Å². The zero-order valence-electron chi connectivity index (χ0n) is 12.5. The predicted molar refractivity (Wildman–Crippen MR) is 85.8 cm³/mol. The Labute approximate surface area is 133 Å². The van der Waals surface area contributed by atoms with E-state index in [4.69, 9.17) is 0 Å². The van der Waals surface area contributed by atoms with E-state index in [0.717, 1.165) is 42.8 Å². The minimum atomic E-state index is -0.0986. The Morgan fingerprint density at radius 3 is 3.00 bits per heavy atom. The summed E-state index contributed by atoms with van der Waals surface area (Å²) in [6, 6.07) is 3.96. The normalized spacial score (nSPS) is 17.7. The Morgan fingerprint density at radius 1 is 1.41 bits per heavy atom. The van der Waals surface area contributed by atoms with Crippen molar-refractivity contribution >= 4 is 22.5 Å². The van der Waals surface area contributed by atoms with Crippen molar-refractivity contribution in [3.05, 3.63) is 35.1 Å². The average molecular weight is 317 g/mol. The number of carbonyl (C=O) groups excluding carboxylic acids is 1. The van der Waals surface area contributed by atoms with Gasteiger partial charge in [0.2, 0.25) is 5.13 Å². The minimum absolute atomic E-state index is 0.0986. The zero-order valence-corrected chi connectivity index (χ0v) is 13.3. The van der Waals surface area contributed by atoms with Gasteiger partial charge in [0.25, 0.3) is 0 Å². The maximum Gasteiger partial charge on any atom is 0.324 e. The first-order valence-electron chi connectivity index (χ1n) is 7.58. The van der Waals surface area contributed by atoms with Crippen LogP contribution in [0.25, 0.3) is 0 Å². The van der Waals surface area contributed by atoms with E-state index in [-0.39, 0.29) is 12.1 Å². The summed E-state index contributed by atoms with van der Waals surface area (Å²) >= 11 is 1.45. The minimum Gasteiger partial charge on any atom is -0.317 e. The SMILES string of the molecule is CCCc1nnc(NC(=O)N2CCCC2c2ccncc2)s1. The molecule has 1 aliphatic rings. The van der Waals surface area contributed by atoms with Gasteiger partial charge in [-0.25, -0.2) is 4.79 Å². The molecule has 2 amide bonds. The fraction of sp³-hybridized carbons (Fsp3) is 0.467. The molecule has 1 fully saturated rings. The van der Waals surface area contributed by atoms with E-state index in [1.807, 2.05) is 17.0 Å². The van der Waals surface area contributed by atoms with Crippen molar-refractivity contribution in [2.24, 2.45) is 0 Å². The number of aromatic nitrogens is 3. The van der Waals surface area contributed by atoms with Crippen LogP contribution in [0.1, 0.15) is 42.8 Å². The van der Waals surface area contributed by atoms with E-state index < -0.39 is 0 Å². The van der Waals surface area contributed by atoms with Gasteiger partial charge >= 0.3 is 6.03 Å². The molecule has 1 atom stereocenters. The van der Waals surface area contributed by atoms with Crippen LogP contribution < -0.4 is 5.32 Å². The van der Waals surface area contributed by atoms with Gasteiger partial charge in [-0.2, -0.15) is 0 Å². The van der Waals surface area contributed by atoms with Crippen LogP contribution in [0.15, 0.2) is 24.5 Å². The van der Waals surface area contributed by atoms with Gasteiger partial charge in [-0.1, -0.05) is 18.3 Å². The van der Waals surface area contributed by atoms with Crippen molar-refractivity contribution in [3.63, 3.8) is 0 Å². The predicted octanol–water partition coefficient (Wildman–Crippen LogP) is 3.25. The van der Waals surface area contributed by atoms with Crippen LogP contribution in [0.4, 0.5) is 9.93 Å². The molecule has 1 N–H and O–H groups in total. The molecule has 7 heteroatoms. The van der Waals surface area contributed by atoms with Crippen molar-refractivity contribution in [1.29, 1.82) is 0 Å². The molecule has 22 heavy (non-hydrogen) atoms. The fourth-order valence-corrected chi connectivity index (χ4v) is 3.56. The Bertz CT molecular complexity index is 630. The number of anilines is 1. The highest BCUT2D eigenvalue weighted by Gasteiger charge is 2.30. The molecule has 0 aromatic carbocycles. The van der Waals surface area contributed by atoms with Crippen LogP contribution in [0.2, 0.25) is 0 Å². The van der Waals surface area contributed by atoms with Crippen LogP contribution in [0, 0.1) is 0 Å². The first kappa shape index (κ1) is 14.9. The van der Waals surface area contributed by atoms with Crippen molar-refractivity contribution in [2.45, 2.75) is 38.6 Å². The molecule has 0 saturated carbocycles. The Morgan fingerprint density at radius 2 is 2.23 bits per heavy atom. The lowest BCUT2D eigenvalue weighted by Gasteiger charge is -2.24. The number of nitrogens with one attached hydrogen (secondary N) is 1. The number of urea groups is 1. The lowest BCUT2D eigenvalue weighted by atomic mass is 10.1. The van der Waals surface area contributed by atoms with E-state index in [1.165, 1.54) is 11.3 Å². The maximum atomic E-state index is 12.5. The van der Waals surface area contributed by atoms with Crippen LogP contribution in [0.5, 0.6) is 0 Å². The van der Waals surface area contributed by atoms with Gasteiger partial charge in [-0.15, -0.1) is 10.2 Å². The number of amides is 2. The van der Waals surface area contributed by atoms with Crippen molar-refractivity contribution < 1.29 is 4.79 Å². The fourth-order valence-electron chi connectivity index (χ4n) is 2.72. The molecule has 116 valence electrons. The molecule has 3 rings (SSSR count). The summed E-state index contributed by atoms with van der Waals surface area (Å²) < 4.78 is 0. The number of hydrogen-bond acceptors (Lipinski definition) is 5. The largest absolute Gasteiger partial charge is 0.324 e. The smallest absolute Gasteiger partial charge is 0.317 e. The molecular weight excluding hydrogens is 298 g/mol. The molecule has 0 bridgehead atoms. The number of aryl methyl sites for hydroxylation is 1. The second-order valence-corrected chi connectivity index (χ2v) is 6.38. The monoisotopic (exact) mass is 317 g/mol. The number of hydrogen-bond donors (Lipinski definition) is 1. The molecule has 0 radical (unpaired) electrons. The molecule has 1 unspecified atom stereocenters. The van der Waals surface area contributed by atoms with Crippen LogP contribution in [0.3, 0.4) is 0 Å². The van der Waals surface area contributed by atoms with Crippen LogP contribution in [-0.2, 0) is 6.42 Å². The molecule has 1 aliphatic heterocycles. The van der Waals surface area contributed by atoms with E-state index in [0.29, 0.717) is 5.13 Å². The Balaban J connectivity index is 1.68. The summed E-state index contributed by atoms with van der Waals surface area (Å²) in [6.07, 6.45) is 7.46. The summed E-state index contributed by atoms with van der Waals surface area (Å²) in [4.78, 5) is 18.4. The third-order valence-corrected chi connectivity index (χ3v) is 4.65. The van der Waals surface area contributed by atoms with Gasteiger partial charge < -0.3 is 4.90 Å². The maximum absolute atomic E-state index is 12.5. The van der Waals surface area contributed by atoms with E-state index in [1.54, 1.807) is 12.4 Å². The highest BCUT2D eigenvalue weighted by molar-refractivity contribution is 7.15. The van der Waals surface area contributed by atoms with E-state index in [2.05, 4.69) is 27.4 Å². The Hall–Kier alpha value is -2.02. The highest BCUT2D eigenvalue weighted by atomic mass is 32.1. The van der Waals surface area contributed by atoms with Gasteiger partial charge in [0.1, 0.15) is 5.01 Å². The number of nitrogens with zero attached hydrogens (tertiary/aromatic N) is 4. The lowest BCUT2D eigenvalue weighted by molar-refractivity contribution is 0.207. The third kappa shape index (κ3) is 3.24. The lowest BCUT2D eigenvalue weighted by Crippen LogP contribution is -2.34. The molecule has 0 spiro atoms. The van der Waals surface area contributed by atoms with Crippen LogP contribution in [-0.4, -0.2) is 32.7 Å². The quantitative estimate of drug-likeness (QED) is 0.939. The van der Waals surface area contributed by atoms with Crippen LogP contribution >= 0.6 is 11.3 Å². The van der Waals surface area contributed by atoms with Gasteiger partial charge in [-0.3, -0.25) is 10.3 Å². The van der Waals surface area contributed by atoms with E-state index >= 15 is 0 Å². The first-order chi connectivity index (χ1) is 10.8. The number of pyridine rings is 1. The second-order valence-electron chi connectivity index (χ2n) is 5.31. The average Bonchev–Trinajstić information content (AvgIpc) is 3.18. The standard InChI is InChI=1S/C15H19N5OS/c1-2-4-13-18-19-14(22-13)17-15(21)20-10-3-5-12(20)11-6-8-16-9-7-11/h6-9,12H,2-5,10H2,1H3,(H,17,19,21). The van der Waals surface area contributed by atoms with Crippen molar-refractivity contribution in [1.82, 2.24) is 20.1 Å². The molecule has 3 heterocycles. The molecule has 0 aliphatic carbocycles. The molecule has 2 aromatic rings. The summed E-state index contributed by atoms with van der Waals surface area (Å²) in [6.45, 7) is 2.86. The summed E-state index contributed by atoms with van der Waals surface area (Å²) in [7, 11) is 0. The van der Waals surface area contributed by atoms with Gasteiger partial charge in [-0.05, 0) is 37.0 Å². The second kappa shape index (κ2) is 6.83. The molecule has 1 saturated heterocycles. The zero-order chi connectivity index (χ0) is 15.4. The van der Waals surface area contributed by atoms with Gasteiger partial charge in [0.15, 0.2) is 0 Å². The highest BCUT2D eigenvalue weighted by Crippen LogP contribution is 2.32. The number of carbonyl (C=O) groups is 1. The topological polar surface area (TPSA) is 71.0 Å². The Kier molecular flexibility index (Phi) is 4.62. The number of likely N-dealkylation sites (tertiary alicyclic amines) is 1. The molecular formula is C15H19N5OS. The van der Waals surface area contributed by atoms with Gasteiger partial charge in [0, 0.05) is 25.4 Å². The summed E-state index contributed by atoms with van der Waals surface area (Å²) in [5, 5.41) is 12.6. The molecule has 2 aromatic heterocycles. The number of rotatable bonds is 4. The van der Waals surface area contributed by atoms with E-state index in [9.17, 15) is 4.79 Å².